The molecule has 6 N–H and O–H groups in total. The van der Waals surface area contributed by atoms with Crippen LogP contribution in [0.5, 0.6) is 0 Å². The predicted octanol–water partition coefficient (Wildman–Crippen LogP) is 3.41. The van der Waals surface area contributed by atoms with Crippen molar-refractivity contribution in [1.82, 2.24) is 20.3 Å². The molecule has 3 rings (SSSR count). The molecule has 1 fully saturated rings. The summed E-state index contributed by atoms with van der Waals surface area (Å²) in [4.78, 5) is 26.2. The van der Waals surface area contributed by atoms with Crippen molar-refractivity contribution in [2.24, 2.45) is 11.7 Å². The zero-order valence-electron chi connectivity index (χ0n) is 23.5. The standard InChI is InChI=1S/C28H46N8O3/c1-21(2)12-14-31-26-34-27(36-28(35-26)33-24-6-4-3-5-7-24)32-20-22-8-10-23(11-9-22)25(37)30-15-17-39-19-18-38-16-13-29/h8-11,21,24H,3-7,12-20,29H2,1-2H3,(H,30,37)(H3,31,32,33,34,35,36). The number of carbonyl (C=O) groups excluding carboxylic acids is 1. The van der Waals surface area contributed by atoms with Crippen molar-refractivity contribution in [3.63, 3.8) is 0 Å². The van der Waals surface area contributed by atoms with Gasteiger partial charge in [0.05, 0.1) is 26.4 Å². The van der Waals surface area contributed by atoms with E-state index in [1.807, 2.05) is 24.3 Å². The number of nitrogens with two attached hydrogens (primary N) is 1. The van der Waals surface area contributed by atoms with Crippen LogP contribution in [0.4, 0.5) is 17.8 Å². The molecule has 0 atom stereocenters. The van der Waals surface area contributed by atoms with E-state index in [2.05, 4.69) is 50.1 Å². The van der Waals surface area contributed by atoms with Gasteiger partial charge in [0.15, 0.2) is 0 Å². The Morgan fingerprint density at radius 1 is 0.897 bits per heavy atom. The summed E-state index contributed by atoms with van der Waals surface area (Å²) in [7, 11) is 0. The quantitative estimate of drug-likeness (QED) is 0.177. The van der Waals surface area contributed by atoms with Crippen LogP contribution in [0.2, 0.25) is 0 Å². The summed E-state index contributed by atoms with van der Waals surface area (Å²) in [5, 5.41) is 13.0. The van der Waals surface area contributed by atoms with Crippen molar-refractivity contribution in [3.05, 3.63) is 35.4 Å². The molecule has 11 nitrogen and oxygen atoms in total. The second-order valence-electron chi connectivity index (χ2n) is 10.2. The first-order valence-electron chi connectivity index (χ1n) is 14.3. The van der Waals surface area contributed by atoms with Crippen LogP contribution in [0.25, 0.3) is 0 Å². The van der Waals surface area contributed by atoms with Gasteiger partial charge in [-0.25, -0.2) is 0 Å². The van der Waals surface area contributed by atoms with Crippen molar-refractivity contribution in [2.75, 3.05) is 62.0 Å². The second kappa shape index (κ2) is 17.5. The largest absolute Gasteiger partial charge is 0.378 e. The van der Waals surface area contributed by atoms with Crippen molar-refractivity contribution in [3.8, 4) is 0 Å². The first-order chi connectivity index (χ1) is 19.0. The Hall–Kier alpha value is -3.02. The number of anilines is 3. The van der Waals surface area contributed by atoms with Crippen LogP contribution in [0, 0.1) is 5.92 Å². The van der Waals surface area contributed by atoms with E-state index < -0.39 is 0 Å². The number of benzene rings is 1. The number of aromatic nitrogens is 3. The number of hydrogen-bond donors (Lipinski definition) is 5. The smallest absolute Gasteiger partial charge is 0.251 e. The molecule has 1 aromatic carbocycles. The third kappa shape index (κ3) is 12.1. The molecule has 216 valence electrons. The van der Waals surface area contributed by atoms with Gasteiger partial charge in [-0.05, 0) is 42.9 Å². The maximum absolute atomic E-state index is 12.4. The van der Waals surface area contributed by atoms with Crippen molar-refractivity contribution in [2.45, 2.75) is 65.0 Å². The van der Waals surface area contributed by atoms with Crippen molar-refractivity contribution < 1.29 is 14.3 Å². The Labute approximate surface area is 232 Å². The SMILES string of the molecule is CC(C)CCNc1nc(NCc2ccc(C(=O)NCCOCCOCCN)cc2)nc(NC2CCCCC2)n1. The highest BCUT2D eigenvalue weighted by molar-refractivity contribution is 5.94. The zero-order chi connectivity index (χ0) is 27.7. The van der Waals surface area contributed by atoms with Gasteiger partial charge in [-0.2, -0.15) is 15.0 Å². The van der Waals surface area contributed by atoms with Gasteiger partial charge in [0.25, 0.3) is 5.91 Å². The van der Waals surface area contributed by atoms with Gasteiger partial charge < -0.3 is 36.5 Å². The van der Waals surface area contributed by atoms with Crippen molar-refractivity contribution >= 4 is 23.8 Å². The molecule has 1 saturated carbocycles. The lowest BCUT2D eigenvalue weighted by atomic mass is 9.96. The van der Waals surface area contributed by atoms with E-state index in [0.29, 0.717) is 81.4 Å². The van der Waals surface area contributed by atoms with Gasteiger partial charge in [-0.15, -0.1) is 0 Å². The molecule has 1 heterocycles. The fraction of sp³-hybridized carbons (Fsp3) is 0.643. The van der Waals surface area contributed by atoms with Crippen LogP contribution in [0.3, 0.4) is 0 Å². The second-order valence-corrected chi connectivity index (χ2v) is 10.2. The monoisotopic (exact) mass is 542 g/mol. The summed E-state index contributed by atoms with van der Waals surface area (Å²) in [5.74, 6) is 2.16. The van der Waals surface area contributed by atoms with Gasteiger partial charge in [0.2, 0.25) is 17.8 Å². The summed E-state index contributed by atoms with van der Waals surface area (Å²) >= 11 is 0. The third-order valence-corrected chi connectivity index (χ3v) is 6.41. The summed E-state index contributed by atoms with van der Waals surface area (Å²) in [6.07, 6.45) is 7.09. The summed E-state index contributed by atoms with van der Waals surface area (Å²) < 4.78 is 10.7. The summed E-state index contributed by atoms with van der Waals surface area (Å²) in [6.45, 7) is 8.60. The van der Waals surface area contributed by atoms with Crippen LogP contribution < -0.4 is 27.0 Å². The average Bonchev–Trinajstić information content (AvgIpc) is 2.94. The van der Waals surface area contributed by atoms with E-state index in [9.17, 15) is 4.79 Å². The Morgan fingerprint density at radius 3 is 2.26 bits per heavy atom. The summed E-state index contributed by atoms with van der Waals surface area (Å²) in [5.41, 5.74) is 6.98. The molecule has 0 spiro atoms. The number of ether oxygens (including phenoxy) is 2. The number of carbonyl (C=O) groups is 1. The van der Waals surface area contributed by atoms with Crippen LogP contribution in [-0.4, -0.2) is 73.0 Å². The lowest BCUT2D eigenvalue weighted by Crippen LogP contribution is -2.27. The minimum Gasteiger partial charge on any atom is -0.378 e. The van der Waals surface area contributed by atoms with E-state index >= 15 is 0 Å². The molecular weight excluding hydrogens is 496 g/mol. The normalized spacial score (nSPS) is 13.8. The highest BCUT2D eigenvalue weighted by Gasteiger charge is 2.16. The molecule has 1 amide bonds. The van der Waals surface area contributed by atoms with Crippen LogP contribution >= 0.6 is 0 Å². The number of amides is 1. The molecular formula is C28H46N8O3. The fourth-order valence-electron chi connectivity index (χ4n) is 4.20. The first-order valence-corrected chi connectivity index (χ1v) is 14.3. The predicted molar refractivity (Wildman–Crippen MR) is 155 cm³/mol. The maximum Gasteiger partial charge on any atom is 0.251 e. The van der Waals surface area contributed by atoms with Gasteiger partial charge in [0, 0.05) is 37.8 Å². The average molecular weight is 543 g/mol. The molecule has 1 aliphatic carbocycles. The van der Waals surface area contributed by atoms with E-state index in [1.54, 1.807) is 0 Å². The lowest BCUT2D eigenvalue weighted by Gasteiger charge is -2.23. The molecule has 39 heavy (non-hydrogen) atoms. The van der Waals surface area contributed by atoms with E-state index in [4.69, 9.17) is 15.2 Å². The van der Waals surface area contributed by atoms with Gasteiger partial charge >= 0.3 is 0 Å². The topological polar surface area (TPSA) is 148 Å². The van der Waals surface area contributed by atoms with E-state index in [1.165, 1.54) is 19.3 Å². The van der Waals surface area contributed by atoms with Crippen LogP contribution in [-0.2, 0) is 16.0 Å². The Balaban J connectivity index is 1.49. The molecule has 0 saturated heterocycles. The highest BCUT2D eigenvalue weighted by atomic mass is 16.5. The number of rotatable bonds is 18. The molecule has 1 aromatic heterocycles. The highest BCUT2D eigenvalue weighted by Crippen LogP contribution is 2.21. The van der Waals surface area contributed by atoms with E-state index in [-0.39, 0.29) is 5.91 Å². The van der Waals surface area contributed by atoms with Gasteiger partial charge in [0.1, 0.15) is 0 Å². The maximum atomic E-state index is 12.4. The Bertz CT molecular complexity index is 968. The van der Waals surface area contributed by atoms with Crippen LogP contribution in [0.15, 0.2) is 24.3 Å². The minimum atomic E-state index is -0.134. The molecule has 0 unspecified atom stereocenters. The van der Waals surface area contributed by atoms with Gasteiger partial charge in [-0.1, -0.05) is 45.2 Å². The fourth-order valence-corrected chi connectivity index (χ4v) is 4.20. The minimum absolute atomic E-state index is 0.134. The zero-order valence-corrected chi connectivity index (χ0v) is 23.5. The third-order valence-electron chi connectivity index (χ3n) is 6.41. The molecule has 0 radical (unpaired) electrons. The summed E-state index contributed by atoms with van der Waals surface area (Å²) in [6, 6.07) is 7.89. The van der Waals surface area contributed by atoms with Gasteiger partial charge in [-0.3, -0.25) is 4.79 Å². The Morgan fingerprint density at radius 2 is 1.56 bits per heavy atom. The molecule has 2 aromatic rings. The van der Waals surface area contributed by atoms with E-state index in [0.717, 1.165) is 31.4 Å². The number of hydrogen-bond acceptors (Lipinski definition) is 10. The molecule has 11 heteroatoms. The van der Waals surface area contributed by atoms with Crippen LogP contribution in [0.1, 0.15) is 68.3 Å². The number of nitrogens with one attached hydrogen (secondary N) is 4. The molecule has 1 aliphatic rings. The Kier molecular flexibility index (Phi) is 13.7. The molecule has 0 bridgehead atoms. The number of nitrogens with zero attached hydrogens (tertiary/aromatic N) is 3. The molecule has 0 aliphatic heterocycles. The van der Waals surface area contributed by atoms with Crippen molar-refractivity contribution in [1.29, 1.82) is 0 Å². The first kappa shape index (κ1) is 30.5. The lowest BCUT2D eigenvalue weighted by molar-refractivity contribution is 0.0511.